The SMILES string of the molecule is CCCNc1nc(-c2cc(C)ccc2OCc2ccc(CN3CCOCC3)cc2C)cs1. The minimum Gasteiger partial charge on any atom is -0.488 e. The highest BCUT2D eigenvalue weighted by Gasteiger charge is 2.13. The van der Waals surface area contributed by atoms with Crippen molar-refractivity contribution in [3.05, 3.63) is 64.0 Å². The highest BCUT2D eigenvalue weighted by atomic mass is 32.1. The Balaban J connectivity index is 1.45. The lowest BCUT2D eigenvalue weighted by atomic mass is 10.0. The molecule has 6 heteroatoms. The second-order valence-electron chi connectivity index (χ2n) is 8.40. The molecule has 1 fully saturated rings. The van der Waals surface area contributed by atoms with E-state index in [9.17, 15) is 0 Å². The summed E-state index contributed by atoms with van der Waals surface area (Å²) in [6, 6.07) is 13.0. The molecule has 1 N–H and O–H groups in total. The van der Waals surface area contributed by atoms with Gasteiger partial charge in [-0.1, -0.05) is 36.8 Å². The van der Waals surface area contributed by atoms with Crippen molar-refractivity contribution in [2.24, 2.45) is 0 Å². The standard InChI is InChI=1S/C26H33N3O2S/c1-4-9-27-26-28-24(18-32-26)23-14-19(2)5-8-25(23)31-17-22-7-6-21(15-20(22)3)16-29-10-12-30-13-11-29/h5-8,14-15,18H,4,9-13,16-17H2,1-3H3,(H,27,28). The summed E-state index contributed by atoms with van der Waals surface area (Å²) in [5.74, 6) is 0.875. The monoisotopic (exact) mass is 451 g/mol. The number of nitrogens with zero attached hydrogens (tertiary/aromatic N) is 2. The molecule has 1 aliphatic heterocycles. The number of aromatic nitrogens is 1. The molecule has 0 atom stereocenters. The first-order valence-corrected chi connectivity index (χ1v) is 12.3. The van der Waals surface area contributed by atoms with E-state index in [0.717, 1.165) is 68.0 Å². The van der Waals surface area contributed by atoms with Gasteiger partial charge in [-0.3, -0.25) is 4.90 Å². The zero-order valence-corrected chi connectivity index (χ0v) is 20.1. The molecule has 0 unspecified atom stereocenters. The normalized spacial score (nSPS) is 14.5. The minimum atomic E-state index is 0.546. The van der Waals surface area contributed by atoms with Gasteiger partial charge in [0.05, 0.1) is 18.9 Å². The lowest BCUT2D eigenvalue weighted by molar-refractivity contribution is 0.0342. The Hall–Kier alpha value is -2.41. The Morgan fingerprint density at radius 1 is 1.12 bits per heavy atom. The average molecular weight is 452 g/mol. The van der Waals surface area contributed by atoms with Crippen LogP contribution < -0.4 is 10.1 Å². The summed E-state index contributed by atoms with van der Waals surface area (Å²) >= 11 is 1.64. The van der Waals surface area contributed by atoms with E-state index in [4.69, 9.17) is 14.5 Å². The molecule has 4 rings (SSSR count). The molecule has 5 nitrogen and oxygen atoms in total. The van der Waals surface area contributed by atoms with Gasteiger partial charge >= 0.3 is 0 Å². The molecule has 170 valence electrons. The smallest absolute Gasteiger partial charge is 0.183 e. The molecule has 0 spiro atoms. The van der Waals surface area contributed by atoms with Crippen LogP contribution in [0, 0.1) is 13.8 Å². The van der Waals surface area contributed by atoms with Crippen molar-refractivity contribution in [2.75, 3.05) is 38.2 Å². The number of hydrogen-bond donors (Lipinski definition) is 1. The van der Waals surface area contributed by atoms with Gasteiger partial charge in [0.15, 0.2) is 5.13 Å². The maximum atomic E-state index is 6.31. The number of morpholine rings is 1. The number of rotatable bonds is 9. The third-order valence-corrected chi connectivity index (χ3v) is 6.54. The van der Waals surface area contributed by atoms with Crippen LogP contribution in [-0.4, -0.2) is 42.7 Å². The van der Waals surface area contributed by atoms with Crippen LogP contribution in [0.3, 0.4) is 0 Å². The molecule has 3 aromatic rings. The molecular formula is C26H33N3O2S. The fraction of sp³-hybridized carbons (Fsp3) is 0.423. The molecule has 1 aromatic heterocycles. The maximum Gasteiger partial charge on any atom is 0.183 e. The molecule has 0 radical (unpaired) electrons. The molecule has 1 saturated heterocycles. The first kappa shape index (κ1) is 22.8. The van der Waals surface area contributed by atoms with E-state index < -0.39 is 0 Å². The largest absolute Gasteiger partial charge is 0.488 e. The van der Waals surface area contributed by atoms with Crippen LogP contribution in [0.5, 0.6) is 5.75 Å². The molecule has 0 saturated carbocycles. The predicted molar refractivity (Wildman–Crippen MR) is 133 cm³/mol. The summed E-state index contributed by atoms with van der Waals surface area (Å²) in [6.45, 7) is 12.6. The Bertz CT molecular complexity index is 1030. The Labute approximate surface area is 195 Å². The van der Waals surface area contributed by atoms with Gasteiger partial charge < -0.3 is 14.8 Å². The molecule has 1 aliphatic rings. The van der Waals surface area contributed by atoms with Crippen molar-refractivity contribution >= 4 is 16.5 Å². The Morgan fingerprint density at radius 2 is 1.97 bits per heavy atom. The van der Waals surface area contributed by atoms with Crippen LogP contribution in [0.25, 0.3) is 11.3 Å². The number of anilines is 1. The van der Waals surface area contributed by atoms with E-state index in [-0.39, 0.29) is 0 Å². The lowest BCUT2D eigenvalue weighted by Crippen LogP contribution is -2.35. The van der Waals surface area contributed by atoms with Crippen molar-refractivity contribution < 1.29 is 9.47 Å². The Kier molecular flexibility index (Phi) is 7.79. The van der Waals surface area contributed by atoms with E-state index in [1.54, 1.807) is 11.3 Å². The first-order valence-electron chi connectivity index (χ1n) is 11.4. The van der Waals surface area contributed by atoms with E-state index in [1.165, 1.54) is 22.3 Å². The Morgan fingerprint density at radius 3 is 2.75 bits per heavy atom. The van der Waals surface area contributed by atoms with Crippen molar-refractivity contribution in [1.82, 2.24) is 9.88 Å². The second-order valence-corrected chi connectivity index (χ2v) is 9.26. The molecule has 0 amide bonds. The van der Waals surface area contributed by atoms with E-state index in [2.05, 4.69) is 72.8 Å². The van der Waals surface area contributed by atoms with Gasteiger partial charge in [-0.15, -0.1) is 11.3 Å². The summed E-state index contributed by atoms with van der Waals surface area (Å²) in [5.41, 5.74) is 7.04. The fourth-order valence-corrected chi connectivity index (χ4v) is 4.61. The van der Waals surface area contributed by atoms with Crippen LogP contribution in [0.2, 0.25) is 0 Å². The van der Waals surface area contributed by atoms with Crippen molar-refractivity contribution in [2.45, 2.75) is 40.3 Å². The zero-order valence-electron chi connectivity index (χ0n) is 19.3. The van der Waals surface area contributed by atoms with Gasteiger partial charge in [-0.25, -0.2) is 4.98 Å². The van der Waals surface area contributed by atoms with Gasteiger partial charge in [-0.2, -0.15) is 0 Å². The van der Waals surface area contributed by atoms with Crippen LogP contribution in [0.1, 0.15) is 35.6 Å². The third kappa shape index (κ3) is 5.88. The maximum absolute atomic E-state index is 6.31. The van der Waals surface area contributed by atoms with Crippen LogP contribution in [0.15, 0.2) is 41.8 Å². The van der Waals surface area contributed by atoms with Gasteiger partial charge in [-0.05, 0) is 49.1 Å². The quantitative estimate of drug-likeness (QED) is 0.455. The van der Waals surface area contributed by atoms with E-state index in [1.807, 2.05) is 0 Å². The van der Waals surface area contributed by atoms with E-state index in [0.29, 0.717) is 6.61 Å². The van der Waals surface area contributed by atoms with Crippen molar-refractivity contribution in [1.29, 1.82) is 0 Å². The minimum absolute atomic E-state index is 0.546. The van der Waals surface area contributed by atoms with Crippen LogP contribution in [-0.2, 0) is 17.9 Å². The summed E-state index contributed by atoms with van der Waals surface area (Å²) < 4.78 is 11.8. The third-order valence-electron chi connectivity index (χ3n) is 5.74. The van der Waals surface area contributed by atoms with Crippen LogP contribution in [0.4, 0.5) is 5.13 Å². The lowest BCUT2D eigenvalue weighted by Gasteiger charge is -2.26. The summed E-state index contributed by atoms with van der Waals surface area (Å²) in [4.78, 5) is 7.22. The van der Waals surface area contributed by atoms with Gasteiger partial charge in [0.2, 0.25) is 0 Å². The first-order chi connectivity index (χ1) is 15.6. The topological polar surface area (TPSA) is 46.6 Å². The molecule has 2 aromatic carbocycles. The van der Waals surface area contributed by atoms with Gasteiger partial charge in [0.25, 0.3) is 0 Å². The highest BCUT2D eigenvalue weighted by Crippen LogP contribution is 2.34. The molecular weight excluding hydrogens is 418 g/mol. The number of thiazole rings is 1. The molecule has 0 bridgehead atoms. The highest BCUT2D eigenvalue weighted by molar-refractivity contribution is 7.14. The number of ether oxygens (including phenoxy) is 2. The fourth-order valence-electron chi connectivity index (χ4n) is 3.87. The van der Waals surface area contributed by atoms with Gasteiger partial charge in [0.1, 0.15) is 12.4 Å². The molecule has 2 heterocycles. The van der Waals surface area contributed by atoms with E-state index >= 15 is 0 Å². The summed E-state index contributed by atoms with van der Waals surface area (Å²) in [5, 5.41) is 6.44. The second kappa shape index (κ2) is 10.9. The predicted octanol–water partition coefficient (Wildman–Crippen LogP) is 5.66. The van der Waals surface area contributed by atoms with Gasteiger partial charge in [0, 0.05) is 37.1 Å². The van der Waals surface area contributed by atoms with Crippen LogP contribution >= 0.6 is 11.3 Å². The number of aryl methyl sites for hydroxylation is 2. The van der Waals surface area contributed by atoms with Crippen molar-refractivity contribution in [3.63, 3.8) is 0 Å². The van der Waals surface area contributed by atoms with Crippen molar-refractivity contribution in [3.8, 4) is 17.0 Å². The zero-order chi connectivity index (χ0) is 22.3. The number of benzene rings is 2. The number of nitrogens with one attached hydrogen (secondary N) is 1. The average Bonchev–Trinajstić information content (AvgIpc) is 3.27. The molecule has 0 aliphatic carbocycles. The molecule has 32 heavy (non-hydrogen) atoms. The number of hydrogen-bond acceptors (Lipinski definition) is 6. The summed E-state index contributed by atoms with van der Waals surface area (Å²) in [6.07, 6.45) is 1.08. The summed E-state index contributed by atoms with van der Waals surface area (Å²) in [7, 11) is 0.